The van der Waals surface area contributed by atoms with Crippen LogP contribution < -0.4 is 5.73 Å². The van der Waals surface area contributed by atoms with E-state index in [9.17, 15) is 0 Å². The number of hydrogen-bond acceptors (Lipinski definition) is 4. The van der Waals surface area contributed by atoms with Gasteiger partial charge in [-0.2, -0.15) is 0 Å². The van der Waals surface area contributed by atoms with Crippen molar-refractivity contribution in [3.8, 4) is 11.5 Å². The first-order chi connectivity index (χ1) is 6.57. The highest BCUT2D eigenvalue weighted by Gasteiger charge is 2.22. The molecule has 5 heteroatoms. The van der Waals surface area contributed by atoms with Crippen LogP contribution in [0.2, 0.25) is 0 Å². The zero-order valence-electron chi connectivity index (χ0n) is 8.11. The zero-order valence-corrected chi connectivity index (χ0v) is 8.11. The van der Waals surface area contributed by atoms with Gasteiger partial charge >= 0.3 is 0 Å². The Kier molecular flexibility index (Phi) is 1.89. The molecule has 0 aliphatic heterocycles. The third-order valence-electron chi connectivity index (χ3n) is 1.82. The Hall–Kier alpha value is -1.62. The van der Waals surface area contributed by atoms with Gasteiger partial charge in [-0.1, -0.05) is 0 Å². The van der Waals surface area contributed by atoms with Crippen LogP contribution in [0, 0.1) is 0 Å². The molecule has 0 spiro atoms. The summed E-state index contributed by atoms with van der Waals surface area (Å²) < 4.78 is 5.43. The molecule has 0 atom stereocenters. The van der Waals surface area contributed by atoms with Gasteiger partial charge in [0, 0.05) is 12.4 Å². The Balaban J connectivity index is 2.36. The lowest BCUT2D eigenvalue weighted by atomic mass is 10.1. The van der Waals surface area contributed by atoms with Gasteiger partial charge in [0.15, 0.2) is 0 Å². The minimum atomic E-state index is -0.596. The van der Waals surface area contributed by atoms with E-state index in [-0.39, 0.29) is 0 Å². The molecule has 2 rings (SSSR count). The smallest absolute Gasteiger partial charge is 0.249 e. The highest BCUT2D eigenvalue weighted by molar-refractivity contribution is 5.50. The lowest BCUT2D eigenvalue weighted by molar-refractivity contribution is 0.384. The molecule has 0 radical (unpaired) electrons. The quantitative estimate of drug-likeness (QED) is 0.750. The maximum atomic E-state index is 5.82. The largest absolute Gasteiger partial charge is 0.419 e. The number of nitrogens with zero attached hydrogens (tertiary/aromatic N) is 2. The lowest BCUT2D eigenvalue weighted by Crippen LogP contribution is -2.29. The lowest BCUT2D eigenvalue weighted by Gasteiger charge is -2.11. The molecule has 2 heterocycles. The number of hydrogen-bond donors (Lipinski definition) is 2. The second kappa shape index (κ2) is 2.95. The van der Waals surface area contributed by atoms with Gasteiger partial charge < -0.3 is 15.1 Å². The van der Waals surface area contributed by atoms with E-state index >= 15 is 0 Å². The molecule has 0 bridgehead atoms. The fourth-order valence-corrected chi connectivity index (χ4v) is 1.06. The van der Waals surface area contributed by atoms with E-state index in [0.717, 1.165) is 5.56 Å². The Morgan fingerprint density at radius 3 is 2.71 bits per heavy atom. The SMILES string of the molecule is CC(C)(N)c1nnc(-c2cc[nH]c2)o1. The maximum Gasteiger partial charge on any atom is 0.249 e. The summed E-state index contributed by atoms with van der Waals surface area (Å²) in [5.74, 6) is 0.925. The molecule has 0 aromatic carbocycles. The predicted octanol–water partition coefficient (Wildman–Crippen LogP) is 1.26. The fourth-order valence-electron chi connectivity index (χ4n) is 1.06. The van der Waals surface area contributed by atoms with Gasteiger partial charge in [0.25, 0.3) is 0 Å². The van der Waals surface area contributed by atoms with E-state index in [1.807, 2.05) is 19.9 Å². The van der Waals surface area contributed by atoms with Crippen LogP contribution in [0.4, 0.5) is 0 Å². The van der Waals surface area contributed by atoms with Crippen LogP contribution in [-0.2, 0) is 5.54 Å². The van der Waals surface area contributed by atoms with Gasteiger partial charge in [0.1, 0.15) is 0 Å². The highest BCUT2D eigenvalue weighted by atomic mass is 16.4. The summed E-state index contributed by atoms with van der Waals surface area (Å²) in [4.78, 5) is 2.92. The molecule has 0 saturated heterocycles. The second-order valence-corrected chi connectivity index (χ2v) is 3.73. The van der Waals surface area contributed by atoms with Crippen molar-refractivity contribution in [1.29, 1.82) is 0 Å². The van der Waals surface area contributed by atoms with Crippen LogP contribution in [0.3, 0.4) is 0 Å². The standard InChI is InChI=1S/C9H12N4O/c1-9(2,10)8-13-12-7(14-8)6-3-4-11-5-6/h3-5,11H,10H2,1-2H3. The molecule has 2 aromatic rings. The van der Waals surface area contributed by atoms with Gasteiger partial charge in [-0.3, -0.25) is 0 Å². The Labute approximate surface area is 81.3 Å². The third kappa shape index (κ3) is 1.54. The normalized spacial score (nSPS) is 11.9. The van der Waals surface area contributed by atoms with Crippen molar-refractivity contribution in [3.63, 3.8) is 0 Å². The first-order valence-corrected chi connectivity index (χ1v) is 4.33. The highest BCUT2D eigenvalue weighted by Crippen LogP contribution is 2.21. The van der Waals surface area contributed by atoms with E-state index in [1.165, 1.54) is 0 Å². The molecule has 2 aromatic heterocycles. The number of H-pyrrole nitrogens is 1. The molecule has 74 valence electrons. The van der Waals surface area contributed by atoms with Crippen molar-refractivity contribution >= 4 is 0 Å². The predicted molar refractivity (Wildman–Crippen MR) is 51.3 cm³/mol. The van der Waals surface area contributed by atoms with E-state index in [2.05, 4.69) is 15.2 Å². The van der Waals surface area contributed by atoms with Crippen molar-refractivity contribution < 1.29 is 4.42 Å². The molecule has 0 saturated carbocycles. The van der Waals surface area contributed by atoms with Gasteiger partial charge in [0.2, 0.25) is 11.8 Å². The van der Waals surface area contributed by atoms with Crippen LogP contribution >= 0.6 is 0 Å². The topological polar surface area (TPSA) is 80.7 Å². The van der Waals surface area contributed by atoms with Crippen molar-refractivity contribution in [1.82, 2.24) is 15.2 Å². The summed E-state index contributed by atoms with van der Waals surface area (Å²) in [6, 6.07) is 1.86. The van der Waals surface area contributed by atoms with E-state index in [1.54, 1.807) is 12.4 Å². The Morgan fingerprint density at radius 1 is 1.43 bits per heavy atom. The molecule has 0 aliphatic carbocycles. The summed E-state index contributed by atoms with van der Waals surface area (Å²) in [6.07, 6.45) is 3.59. The van der Waals surface area contributed by atoms with Crippen molar-refractivity contribution in [2.24, 2.45) is 5.73 Å². The van der Waals surface area contributed by atoms with Crippen LogP contribution in [0.15, 0.2) is 22.9 Å². The molecule has 0 aliphatic rings. The Bertz CT molecular complexity index is 410. The van der Waals surface area contributed by atoms with E-state index < -0.39 is 5.54 Å². The van der Waals surface area contributed by atoms with Crippen molar-refractivity contribution in [2.45, 2.75) is 19.4 Å². The summed E-state index contributed by atoms with van der Waals surface area (Å²) in [6.45, 7) is 3.64. The van der Waals surface area contributed by atoms with E-state index in [4.69, 9.17) is 10.2 Å². The molecule has 14 heavy (non-hydrogen) atoms. The summed E-state index contributed by atoms with van der Waals surface area (Å²) in [5.41, 5.74) is 6.09. The van der Waals surface area contributed by atoms with Gasteiger partial charge in [-0.25, -0.2) is 0 Å². The first-order valence-electron chi connectivity index (χ1n) is 4.33. The number of rotatable bonds is 2. The zero-order chi connectivity index (χ0) is 10.2. The molecule has 5 nitrogen and oxygen atoms in total. The van der Waals surface area contributed by atoms with Crippen molar-refractivity contribution in [3.05, 3.63) is 24.4 Å². The van der Waals surface area contributed by atoms with Gasteiger partial charge in [-0.05, 0) is 19.9 Å². The average Bonchev–Trinajstić information content (AvgIpc) is 2.73. The number of aromatic nitrogens is 3. The van der Waals surface area contributed by atoms with Crippen molar-refractivity contribution in [2.75, 3.05) is 0 Å². The molecular formula is C9H12N4O. The number of nitrogens with one attached hydrogen (secondary N) is 1. The maximum absolute atomic E-state index is 5.82. The molecular weight excluding hydrogens is 180 g/mol. The monoisotopic (exact) mass is 192 g/mol. The molecule has 3 N–H and O–H groups in total. The number of aromatic amines is 1. The van der Waals surface area contributed by atoms with Crippen LogP contribution in [0.5, 0.6) is 0 Å². The summed E-state index contributed by atoms with van der Waals surface area (Å²) in [5, 5.41) is 7.80. The first kappa shape index (κ1) is 8.96. The van der Waals surface area contributed by atoms with Gasteiger partial charge in [0.05, 0.1) is 11.1 Å². The second-order valence-electron chi connectivity index (χ2n) is 3.73. The third-order valence-corrected chi connectivity index (χ3v) is 1.82. The van der Waals surface area contributed by atoms with E-state index in [0.29, 0.717) is 11.8 Å². The fraction of sp³-hybridized carbons (Fsp3) is 0.333. The van der Waals surface area contributed by atoms with Gasteiger partial charge in [-0.15, -0.1) is 10.2 Å². The average molecular weight is 192 g/mol. The number of nitrogens with two attached hydrogens (primary N) is 1. The van der Waals surface area contributed by atoms with Crippen LogP contribution in [0.1, 0.15) is 19.7 Å². The van der Waals surface area contributed by atoms with Crippen LogP contribution in [0.25, 0.3) is 11.5 Å². The molecule has 0 unspecified atom stereocenters. The Morgan fingerprint density at radius 2 is 2.21 bits per heavy atom. The van der Waals surface area contributed by atoms with Crippen LogP contribution in [-0.4, -0.2) is 15.2 Å². The molecule has 0 amide bonds. The molecule has 0 fully saturated rings. The minimum Gasteiger partial charge on any atom is -0.419 e. The minimum absolute atomic E-state index is 0.439. The summed E-state index contributed by atoms with van der Waals surface area (Å²) >= 11 is 0. The summed E-state index contributed by atoms with van der Waals surface area (Å²) in [7, 11) is 0.